The van der Waals surface area contributed by atoms with Crippen molar-refractivity contribution >= 4 is 11.1 Å². The Hall–Kier alpha value is -2.36. The van der Waals surface area contributed by atoms with Crippen LogP contribution in [0.5, 0.6) is 0 Å². The highest BCUT2D eigenvalue weighted by molar-refractivity contribution is 5.72. The van der Waals surface area contributed by atoms with Gasteiger partial charge in [0.15, 0.2) is 5.58 Å². The fourth-order valence-electron chi connectivity index (χ4n) is 1.84. The van der Waals surface area contributed by atoms with Crippen LogP contribution in [0.4, 0.5) is 0 Å². The van der Waals surface area contributed by atoms with E-state index in [9.17, 15) is 4.79 Å². The zero-order chi connectivity index (χ0) is 11.7. The van der Waals surface area contributed by atoms with E-state index in [2.05, 4.69) is 4.98 Å². The molecular weight excluding hydrogens is 216 g/mol. The number of aromatic nitrogens is 2. The molecule has 0 saturated heterocycles. The Labute approximate surface area is 97.1 Å². The van der Waals surface area contributed by atoms with Crippen molar-refractivity contribution in [3.8, 4) is 0 Å². The van der Waals surface area contributed by atoms with Crippen LogP contribution in [-0.4, -0.2) is 9.55 Å². The van der Waals surface area contributed by atoms with E-state index in [0.717, 1.165) is 11.1 Å². The molecule has 0 aliphatic rings. The maximum absolute atomic E-state index is 11.7. The van der Waals surface area contributed by atoms with Gasteiger partial charge in [0.25, 0.3) is 0 Å². The molecule has 0 aliphatic carbocycles. The van der Waals surface area contributed by atoms with E-state index in [0.29, 0.717) is 12.1 Å². The van der Waals surface area contributed by atoms with Gasteiger partial charge in [0.1, 0.15) is 0 Å². The minimum Gasteiger partial charge on any atom is -0.408 e. The van der Waals surface area contributed by atoms with Crippen LogP contribution >= 0.6 is 0 Å². The van der Waals surface area contributed by atoms with Crippen LogP contribution in [0.25, 0.3) is 11.1 Å². The molecule has 0 unspecified atom stereocenters. The van der Waals surface area contributed by atoms with Crippen LogP contribution in [-0.2, 0) is 6.54 Å². The van der Waals surface area contributed by atoms with Gasteiger partial charge < -0.3 is 4.42 Å². The molecule has 0 bridgehead atoms. The van der Waals surface area contributed by atoms with Gasteiger partial charge in [-0.25, -0.2) is 4.79 Å². The van der Waals surface area contributed by atoms with Gasteiger partial charge in [0.05, 0.1) is 12.1 Å². The van der Waals surface area contributed by atoms with E-state index in [1.54, 1.807) is 23.0 Å². The molecule has 3 aromatic rings. The molecule has 0 saturated carbocycles. The predicted molar refractivity (Wildman–Crippen MR) is 63.8 cm³/mol. The molecule has 0 radical (unpaired) electrons. The molecule has 0 aliphatic heterocycles. The van der Waals surface area contributed by atoms with E-state index in [4.69, 9.17) is 4.42 Å². The lowest BCUT2D eigenvalue weighted by atomic mass is 10.2. The van der Waals surface area contributed by atoms with Crippen LogP contribution in [0.3, 0.4) is 0 Å². The summed E-state index contributed by atoms with van der Waals surface area (Å²) in [7, 11) is 0. The molecule has 17 heavy (non-hydrogen) atoms. The summed E-state index contributed by atoms with van der Waals surface area (Å²) in [6, 6.07) is 11.2. The third-order valence-electron chi connectivity index (χ3n) is 2.64. The molecule has 2 heterocycles. The normalized spacial score (nSPS) is 10.8. The predicted octanol–water partition coefficient (Wildman–Crippen LogP) is 2.04. The first-order chi connectivity index (χ1) is 8.34. The summed E-state index contributed by atoms with van der Waals surface area (Å²) >= 11 is 0. The van der Waals surface area contributed by atoms with E-state index in [-0.39, 0.29) is 5.76 Å². The Kier molecular flexibility index (Phi) is 2.26. The minimum absolute atomic E-state index is 0.338. The van der Waals surface area contributed by atoms with Gasteiger partial charge in [0.2, 0.25) is 0 Å². The van der Waals surface area contributed by atoms with Crippen molar-refractivity contribution in [3.05, 3.63) is 64.9 Å². The quantitative estimate of drug-likeness (QED) is 0.671. The summed E-state index contributed by atoms with van der Waals surface area (Å²) in [6.07, 6.45) is 3.45. The number of nitrogens with zero attached hydrogens (tertiary/aromatic N) is 2. The average Bonchev–Trinajstić information content (AvgIpc) is 2.68. The van der Waals surface area contributed by atoms with Gasteiger partial charge >= 0.3 is 5.76 Å². The van der Waals surface area contributed by atoms with Gasteiger partial charge in [-0.1, -0.05) is 18.2 Å². The van der Waals surface area contributed by atoms with E-state index < -0.39 is 0 Å². The summed E-state index contributed by atoms with van der Waals surface area (Å²) in [5, 5.41) is 0. The summed E-state index contributed by atoms with van der Waals surface area (Å²) in [5.41, 5.74) is 2.39. The highest BCUT2D eigenvalue weighted by atomic mass is 16.4. The van der Waals surface area contributed by atoms with Crippen LogP contribution in [0.1, 0.15) is 5.56 Å². The Bertz CT molecular complexity index is 698. The van der Waals surface area contributed by atoms with E-state index >= 15 is 0 Å². The number of benzene rings is 1. The third kappa shape index (κ3) is 1.73. The minimum atomic E-state index is -0.338. The summed E-state index contributed by atoms with van der Waals surface area (Å²) in [6.45, 7) is 0.476. The molecule has 4 nitrogen and oxygen atoms in total. The van der Waals surface area contributed by atoms with Gasteiger partial charge in [0, 0.05) is 12.4 Å². The summed E-state index contributed by atoms with van der Waals surface area (Å²) < 4.78 is 6.76. The monoisotopic (exact) mass is 226 g/mol. The topological polar surface area (TPSA) is 48.0 Å². The lowest BCUT2D eigenvalue weighted by Crippen LogP contribution is -2.14. The number of oxazole rings is 1. The smallest absolute Gasteiger partial charge is 0.408 e. The molecule has 0 amide bonds. The maximum atomic E-state index is 11.7. The molecule has 3 rings (SSSR count). The van der Waals surface area contributed by atoms with E-state index in [1.165, 1.54) is 0 Å². The van der Waals surface area contributed by atoms with Crippen LogP contribution < -0.4 is 5.76 Å². The van der Waals surface area contributed by atoms with E-state index in [1.807, 2.05) is 30.3 Å². The number of hydrogen-bond donors (Lipinski definition) is 0. The van der Waals surface area contributed by atoms with Gasteiger partial charge in [-0.3, -0.25) is 9.55 Å². The first-order valence-corrected chi connectivity index (χ1v) is 5.32. The Morgan fingerprint density at radius 1 is 1.18 bits per heavy atom. The highest BCUT2D eigenvalue weighted by Gasteiger charge is 2.08. The average molecular weight is 226 g/mol. The van der Waals surface area contributed by atoms with Crippen LogP contribution in [0, 0.1) is 0 Å². The summed E-state index contributed by atoms with van der Waals surface area (Å²) in [5.74, 6) is -0.338. The fraction of sp³-hybridized carbons (Fsp3) is 0.0769. The second-order valence-electron chi connectivity index (χ2n) is 3.78. The van der Waals surface area contributed by atoms with Crippen molar-refractivity contribution in [2.45, 2.75) is 6.54 Å². The van der Waals surface area contributed by atoms with Crippen molar-refractivity contribution in [2.75, 3.05) is 0 Å². The van der Waals surface area contributed by atoms with Gasteiger partial charge in [-0.2, -0.15) is 0 Å². The van der Waals surface area contributed by atoms with Crippen molar-refractivity contribution in [1.29, 1.82) is 0 Å². The van der Waals surface area contributed by atoms with Gasteiger partial charge in [-0.15, -0.1) is 0 Å². The molecule has 2 aromatic heterocycles. The fourth-order valence-corrected chi connectivity index (χ4v) is 1.84. The Balaban J connectivity index is 2.12. The van der Waals surface area contributed by atoms with Crippen LogP contribution in [0.15, 0.2) is 58.0 Å². The first kappa shape index (κ1) is 9.84. The number of pyridine rings is 1. The number of fused-ring (bicyclic) bond motifs is 1. The molecule has 84 valence electrons. The Morgan fingerprint density at radius 2 is 2.06 bits per heavy atom. The highest BCUT2D eigenvalue weighted by Crippen LogP contribution is 2.13. The second kappa shape index (κ2) is 3.90. The first-order valence-electron chi connectivity index (χ1n) is 5.32. The lowest BCUT2D eigenvalue weighted by Gasteiger charge is -2.01. The van der Waals surface area contributed by atoms with Crippen molar-refractivity contribution in [1.82, 2.24) is 9.55 Å². The molecule has 4 heteroatoms. The largest absolute Gasteiger partial charge is 0.420 e. The Morgan fingerprint density at radius 3 is 2.88 bits per heavy atom. The summed E-state index contributed by atoms with van der Waals surface area (Å²) in [4.78, 5) is 15.7. The zero-order valence-corrected chi connectivity index (χ0v) is 9.04. The van der Waals surface area contributed by atoms with Crippen LogP contribution in [0.2, 0.25) is 0 Å². The van der Waals surface area contributed by atoms with Crippen molar-refractivity contribution < 1.29 is 4.42 Å². The number of hydrogen-bond acceptors (Lipinski definition) is 3. The van der Waals surface area contributed by atoms with Crippen molar-refractivity contribution in [2.24, 2.45) is 0 Å². The molecule has 0 fully saturated rings. The van der Waals surface area contributed by atoms with Crippen molar-refractivity contribution in [3.63, 3.8) is 0 Å². The zero-order valence-electron chi connectivity index (χ0n) is 9.04. The number of rotatable bonds is 2. The molecule has 0 N–H and O–H groups in total. The molecule has 1 aromatic carbocycles. The maximum Gasteiger partial charge on any atom is 0.420 e. The standard InChI is InChI=1S/C13H10N2O2/c16-13-15(9-10-4-3-7-14-8-10)11-5-1-2-6-12(11)17-13/h1-8H,9H2. The van der Waals surface area contributed by atoms with Gasteiger partial charge in [-0.05, 0) is 23.8 Å². The number of para-hydroxylation sites is 2. The molecule has 0 spiro atoms. The second-order valence-corrected chi connectivity index (χ2v) is 3.78. The molecule has 0 atom stereocenters. The SMILES string of the molecule is O=c1oc2ccccc2n1Cc1cccnc1. The lowest BCUT2D eigenvalue weighted by molar-refractivity contribution is 0.517. The molecular formula is C13H10N2O2. The third-order valence-corrected chi connectivity index (χ3v) is 2.64.